The van der Waals surface area contributed by atoms with Crippen molar-refractivity contribution in [2.45, 2.75) is 39.4 Å². The Kier molecular flexibility index (Phi) is 23.2. The van der Waals surface area contributed by atoms with Gasteiger partial charge in [0, 0.05) is 16.9 Å². The number of rotatable bonds is 14. The van der Waals surface area contributed by atoms with Gasteiger partial charge < -0.3 is 51.1 Å². The van der Waals surface area contributed by atoms with Crippen LogP contribution in [0, 0.1) is 5.41 Å². The molecule has 0 saturated heterocycles. The number of carboxylic acids is 1. The lowest BCUT2D eigenvalue weighted by atomic mass is 9.94. The largest absolute Gasteiger partial charge is 0.481 e. The van der Waals surface area contributed by atoms with Crippen LogP contribution in [0.1, 0.15) is 31.9 Å². The first-order valence-corrected chi connectivity index (χ1v) is 13.2. The molecule has 2 amide bonds. The molecule has 2 aromatic rings. The van der Waals surface area contributed by atoms with Crippen molar-refractivity contribution in [1.29, 1.82) is 0 Å². The van der Waals surface area contributed by atoms with Gasteiger partial charge in [-0.05, 0) is 62.6 Å². The maximum Gasteiger partial charge on any atom is 0.333 e. The maximum absolute atomic E-state index is 10.6. The van der Waals surface area contributed by atoms with Gasteiger partial charge in [0.2, 0.25) is 12.8 Å². The van der Waals surface area contributed by atoms with E-state index in [1.807, 2.05) is 48.5 Å². The Morgan fingerprint density at radius 3 is 1.48 bits per heavy atom. The van der Waals surface area contributed by atoms with Crippen LogP contribution < -0.4 is 10.6 Å². The lowest BCUT2D eigenvalue weighted by Gasteiger charge is -2.17. The molecule has 0 heterocycles. The van der Waals surface area contributed by atoms with E-state index in [2.05, 4.69) is 21.9 Å². The van der Waals surface area contributed by atoms with E-state index in [0.717, 1.165) is 28.9 Å². The van der Waals surface area contributed by atoms with E-state index in [-0.39, 0.29) is 18.8 Å². The number of ether oxygens (including phenoxy) is 1. The molecule has 0 saturated carbocycles. The summed E-state index contributed by atoms with van der Waals surface area (Å²) in [4.78, 5) is 41.4. The summed E-state index contributed by atoms with van der Waals surface area (Å²) in [6, 6.07) is 15.4. The molecule has 0 aliphatic heterocycles. The maximum atomic E-state index is 10.6. The summed E-state index contributed by atoms with van der Waals surface area (Å²) in [7, 11) is 0. The Hall–Kier alpha value is -4.18. The van der Waals surface area contributed by atoms with Gasteiger partial charge in [-0.3, -0.25) is 14.4 Å². The molecule has 44 heavy (non-hydrogen) atoms. The summed E-state index contributed by atoms with van der Waals surface area (Å²) in [5, 5.41) is 63.4. The Labute approximate surface area is 256 Å². The van der Waals surface area contributed by atoms with E-state index < -0.39 is 49.4 Å². The molecule has 0 spiro atoms. The van der Waals surface area contributed by atoms with Crippen LogP contribution in [0.5, 0.6) is 0 Å². The highest BCUT2D eigenvalue weighted by Crippen LogP contribution is 2.15. The molecule has 0 aromatic heterocycles. The molecule has 9 N–H and O–H groups in total. The Balaban J connectivity index is 0. The minimum Gasteiger partial charge on any atom is -0.481 e. The number of hydrogen-bond donors (Lipinski definition) is 9. The van der Waals surface area contributed by atoms with Gasteiger partial charge in [0.25, 0.3) is 0 Å². The molecule has 14 nitrogen and oxygen atoms in total. The number of hydrogen-bond acceptors (Lipinski definition) is 11. The number of benzene rings is 2. The van der Waals surface area contributed by atoms with Gasteiger partial charge in [0.05, 0.1) is 32.5 Å². The summed E-state index contributed by atoms with van der Waals surface area (Å²) in [6.07, 6.45) is 0.567. The van der Waals surface area contributed by atoms with Gasteiger partial charge >= 0.3 is 11.9 Å². The third kappa shape index (κ3) is 19.9. The van der Waals surface area contributed by atoms with Crippen LogP contribution in [0.2, 0.25) is 0 Å². The van der Waals surface area contributed by atoms with Crippen LogP contribution in [-0.2, 0) is 30.3 Å². The number of anilines is 2. The summed E-state index contributed by atoms with van der Waals surface area (Å²) < 4.78 is 4.51. The minimum absolute atomic E-state index is 0.139. The molecular formula is C30H44N2O12. The van der Waals surface area contributed by atoms with Crippen LogP contribution in [0.4, 0.5) is 11.4 Å². The third-order valence-electron chi connectivity index (χ3n) is 5.21. The lowest BCUT2D eigenvalue weighted by molar-refractivity contribution is -0.153. The second kappa shape index (κ2) is 24.3. The highest BCUT2D eigenvalue weighted by Gasteiger charge is 2.31. The van der Waals surface area contributed by atoms with Crippen LogP contribution in [0.3, 0.4) is 0 Å². The smallest absolute Gasteiger partial charge is 0.333 e. The lowest BCUT2D eigenvalue weighted by Crippen LogP contribution is -2.35. The molecule has 14 heteroatoms. The second-order valence-electron chi connectivity index (χ2n) is 9.52. The van der Waals surface area contributed by atoms with E-state index in [0.29, 0.717) is 12.8 Å². The molecular weight excluding hydrogens is 580 g/mol. The zero-order valence-corrected chi connectivity index (χ0v) is 25.0. The molecule has 2 aromatic carbocycles. The SMILES string of the molecule is C=C(C)C(=O)OCC(O)CO.CC(CO)(CO)C(=O)O.CC(O)CO.O=CNc1ccc(Cc2ccc(NC=O)cc2)cc1. The van der Waals surface area contributed by atoms with E-state index >= 15 is 0 Å². The molecule has 0 aliphatic carbocycles. The zero-order valence-electron chi connectivity index (χ0n) is 25.0. The van der Waals surface area contributed by atoms with Crippen molar-refractivity contribution in [2.24, 2.45) is 5.41 Å². The Morgan fingerprint density at radius 2 is 1.25 bits per heavy atom. The molecule has 2 rings (SSSR count). The van der Waals surface area contributed by atoms with Crippen LogP contribution >= 0.6 is 0 Å². The molecule has 2 atom stereocenters. The molecule has 0 fully saturated rings. The van der Waals surface area contributed by atoms with E-state index in [9.17, 15) is 19.2 Å². The first kappa shape index (κ1) is 42.0. The van der Waals surface area contributed by atoms with Crippen LogP contribution in [0.25, 0.3) is 0 Å². The van der Waals surface area contributed by atoms with Gasteiger partial charge in [0.15, 0.2) is 0 Å². The van der Waals surface area contributed by atoms with Crippen molar-refractivity contribution in [1.82, 2.24) is 0 Å². The zero-order chi connectivity index (χ0) is 34.1. The van der Waals surface area contributed by atoms with E-state index in [4.69, 9.17) is 35.7 Å². The minimum atomic E-state index is -1.39. The average molecular weight is 625 g/mol. The monoisotopic (exact) mass is 624 g/mol. The number of nitrogens with one attached hydrogen (secondary N) is 2. The summed E-state index contributed by atoms with van der Waals surface area (Å²) in [5.41, 5.74) is 2.77. The highest BCUT2D eigenvalue weighted by molar-refractivity contribution is 5.86. The number of aliphatic hydroxyl groups is 6. The fourth-order valence-electron chi connectivity index (χ4n) is 2.34. The second-order valence-corrected chi connectivity index (χ2v) is 9.52. The average Bonchev–Trinajstić information content (AvgIpc) is 3.02. The van der Waals surface area contributed by atoms with Gasteiger partial charge in [-0.1, -0.05) is 30.8 Å². The van der Waals surface area contributed by atoms with Gasteiger partial charge in [-0.2, -0.15) is 0 Å². The summed E-state index contributed by atoms with van der Waals surface area (Å²) in [6.45, 7) is 5.82. The molecule has 0 bridgehead atoms. The number of carbonyl (C=O) groups excluding carboxylic acids is 3. The van der Waals surface area contributed by atoms with Crippen molar-refractivity contribution in [3.63, 3.8) is 0 Å². The molecule has 0 aliphatic rings. The first-order valence-electron chi connectivity index (χ1n) is 13.2. The topological polar surface area (TPSA) is 243 Å². The van der Waals surface area contributed by atoms with Crippen molar-refractivity contribution in [3.8, 4) is 0 Å². The van der Waals surface area contributed by atoms with E-state index in [1.54, 1.807) is 0 Å². The van der Waals surface area contributed by atoms with Crippen LogP contribution in [-0.4, -0.2) is 106 Å². The number of carbonyl (C=O) groups is 4. The van der Waals surface area contributed by atoms with Crippen molar-refractivity contribution in [2.75, 3.05) is 43.7 Å². The van der Waals surface area contributed by atoms with Gasteiger partial charge in [0.1, 0.15) is 18.1 Å². The number of aliphatic carboxylic acids is 1. The van der Waals surface area contributed by atoms with Crippen molar-refractivity contribution >= 4 is 36.1 Å². The highest BCUT2D eigenvalue weighted by atomic mass is 16.5. The van der Waals surface area contributed by atoms with Gasteiger partial charge in [-0.25, -0.2) is 4.79 Å². The van der Waals surface area contributed by atoms with Crippen molar-refractivity contribution < 1.29 is 59.7 Å². The summed E-state index contributed by atoms with van der Waals surface area (Å²) in [5.74, 6) is -1.75. The Bertz CT molecular complexity index is 1050. The number of amides is 2. The van der Waals surface area contributed by atoms with Crippen molar-refractivity contribution in [3.05, 3.63) is 71.8 Å². The quantitative estimate of drug-likeness (QED) is 0.0783. The standard InChI is InChI=1S/C15H14N2O2.C7H12O4.C5H10O4.C3H8O2/c18-10-16-14-5-1-12(2-6-14)9-13-3-7-15(8-4-13)17-11-19;1-5(2)7(10)11-4-6(9)3-8;1-5(2-6,3-7)4(8)9;1-3(5)2-4/h1-8,10-11H,9H2,(H,16,18)(H,17,19);6,8-9H,1,3-4H2,2H3;6-7H,2-3H2,1H3,(H,8,9);3-5H,2H2,1H3. The third-order valence-corrected chi connectivity index (χ3v) is 5.21. The Morgan fingerprint density at radius 1 is 0.864 bits per heavy atom. The molecule has 0 radical (unpaired) electrons. The number of aliphatic hydroxyl groups excluding tert-OH is 6. The molecule has 2 unspecified atom stereocenters. The van der Waals surface area contributed by atoms with Gasteiger partial charge in [-0.15, -0.1) is 0 Å². The fraction of sp³-hybridized carbons (Fsp3) is 0.400. The predicted octanol–water partition coefficient (Wildman–Crippen LogP) is 0.294. The number of esters is 1. The van der Waals surface area contributed by atoms with Crippen LogP contribution in [0.15, 0.2) is 60.7 Å². The first-order chi connectivity index (χ1) is 20.7. The fourth-order valence-corrected chi connectivity index (χ4v) is 2.34. The normalized spacial score (nSPS) is 11.3. The summed E-state index contributed by atoms with van der Waals surface area (Å²) >= 11 is 0. The predicted molar refractivity (Wildman–Crippen MR) is 163 cm³/mol. The number of carboxylic acid groups (broad SMARTS) is 1. The molecule has 246 valence electrons. The van der Waals surface area contributed by atoms with E-state index in [1.165, 1.54) is 20.8 Å².